The van der Waals surface area contributed by atoms with Crippen molar-refractivity contribution in [3.05, 3.63) is 58.2 Å². The number of fused-ring (bicyclic) bond motifs is 3. The van der Waals surface area contributed by atoms with Crippen LogP contribution in [-0.4, -0.2) is 19.5 Å². The summed E-state index contributed by atoms with van der Waals surface area (Å²) in [6.07, 6.45) is 4.02. The van der Waals surface area contributed by atoms with E-state index >= 15 is 26.3 Å². The first-order chi connectivity index (χ1) is 16.6. The molecule has 2 aromatic rings. The standard InChI is InChI=1S/C27H30F6O2/c1-3-5-6-8-21-34-14-13-17(15-35-21)18-11-12-20-19-10-9-16(7-4-2)24(28)22(19)26(30,31)27(32,33)23(20)25(18)29/h9-12,17,21H,3-8,13-15H2,1-2H3. The Bertz CT molecular complexity index is 1070. The molecule has 0 amide bonds. The minimum atomic E-state index is -4.92. The molecule has 0 spiro atoms. The lowest BCUT2D eigenvalue weighted by atomic mass is 9.77. The highest BCUT2D eigenvalue weighted by molar-refractivity contribution is 5.77. The molecular weight excluding hydrogens is 470 g/mol. The van der Waals surface area contributed by atoms with Crippen LogP contribution in [0.3, 0.4) is 0 Å². The normalized spacial score (nSPS) is 22.9. The van der Waals surface area contributed by atoms with Gasteiger partial charge in [-0.1, -0.05) is 57.4 Å². The second-order valence-electron chi connectivity index (χ2n) is 9.37. The van der Waals surface area contributed by atoms with Gasteiger partial charge in [0.15, 0.2) is 6.29 Å². The average Bonchev–Trinajstić information content (AvgIpc) is 3.05. The number of rotatable bonds is 7. The summed E-state index contributed by atoms with van der Waals surface area (Å²) >= 11 is 0. The molecule has 2 nitrogen and oxygen atoms in total. The predicted molar refractivity (Wildman–Crippen MR) is 121 cm³/mol. The van der Waals surface area contributed by atoms with E-state index in [1.54, 1.807) is 6.92 Å². The van der Waals surface area contributed by atoms with E-state index < -0.39 is 57.9 Å². The quantitative estimate of drug-likeness (QED) is 0.282. The minimum absolute atomic E-state index is 0.0278. The minimum Gasteiger partial charge on any atom is -0.353 e. The third kappa shape index (κ3) is 4.48. The van der Waals surface area contributed by atoms with Gasteiger partial charge >= 0.3 is 11.8 Å². The van der Waals surface area contributed by atoms with E-state index in [9.17, 15) is 0 Å². The molecule has 0 saturated carbocycles. The Hall–Kier alpha value is -2.06. The largest absolute Gasteiger partial charge is 0.353 e. The lowest BCUT2D eigenvalue weighted by Gasteiger charge is -2.36. The van der Waals surface area contributed by atoms with E-state index in [1.807, 2.05) is 0 Å². The Morgan fingerprint density at radius 3 is 2.14 bits per heavy atom. The topological polar surface area (TPSA) is 18.5 Å². The molecule has 1 aliphatic carbocycles. The molecule has 1 aliphatic heterocycles. The van der Waals surface area contributed by atoms with Crippen molar-refractivity contribution in [2.45, 2.75) is 82.8 Å². The van der Waals surface area contributed by atoms with Gasteiger partial charge < -0.3 is 9.47 Å². The summed E-state index contributed by atoms with van der Waals surface area (Å²) in [6, 6.07) is 5.01. The van der Waals surface area contributed by atoms with Crippen LogP contribution in [0.2, 0.25) is 0 Å². The number of aryl methyl sites for hydroxylation is 1. The summed E-state index contributed by atoms with van der Waals surface area (Å²) in [5.41, 5.74) is -3.76. The van der Waals surface area contributed by atoms with Gasteiger partial charge in [0, 0.05) is 5.92 Å². The third-order valence-electron chi connectivity index (χ3n) is 6.96. The second kappa shape index (κ2) is 10.1. The van der Waals surface area contributed by atoms with Crippen molar-refractivity contribution in [2.24, 2.45) is 0 Å². The van der Waals surface area contributed by atoms with Gasteiger partial charge in [0.05, 0.1) is 24.3 Å². The summed E-state index contributed by atoms with van der Waals surface area (Å²) in [7, 11) is 0. The van der Waals surface area contributed by atoms with E-state index in [2.05, 4.69) is 6.92 Å². The third-order valence-corrected chi connectivity index (χ3v) is 6.96. The highest BCUT2D eigenvalue weighted by atomic mass is 19.3. The molecule has 2 unspecified atom stereocenters. The van der Waals surface area contributed by atoms with Crippen LogP contribution < -0.4 is 0 Å². The van der Waals surface area contributed by atoms with E-state index in [0.717, 1.165) is 19.3 Å². The highest BCUT2D eigenvalue weighted by Gasteiger charge is 2.65. The molecule has 0 radical (unpaired) electrons. The number of hydrogen-bond donors (Lipinski definition) is 0. The maximum atomic E-state index is 15.6. The molecule has 0 aromatic heterocycles. The van der Waals surface area contributed by atoms with Crippen LogP contribution in [0.5, 0.6) is 0 Å². The Labute approximate surface area is 201 Å². The molecule has 1 saturated heterocycles. The summed E-state index contributed by atoms with van der Waals surface area (Å²) in [5, 5.41) is 0. The number of halogens is 6. The number of ether oxygens (including phenoxy) is 2. The van der Waals surface area contributed by atoms with E-state index in [1.165, 1.54) is 24.3 Å². The summed E-state index contributed by atoms with van der Waals surface area (Å²) in [4.78, 5) is 0. The maximum Gasteiger partial charge on any atom is 0.343 e. The second-order valence-corrected chi connectivity index (χ2v) is 9.37. The van der Waals surface area contributed by atoms with Crippen molar-refractivity contribution in [3.8, 4) is 11.1 Å². The fourth-order valence-corrected chi connectivity index (χ4v) is 5.04. The molecule has 1 heterocycles. The summed E-state index contributed by atoms with van der Waals surface area (Å²) < 4.78 is 103. The van der Waals surface area contributed by atoms with Crippen molar-refractivity contribution < 1.29 is 35.8 Å². The molecule has 192 valence electrons. The zero-order chi connectivity index (χ0) is 25.4. The average molecular weight is 501 g/mol. The molecule has 35 heavy (non-hydrogen) atoms. The van der Waals surface area contributed by atoms with Gasteiger partial charge in [-0.3, -0.25) is 0 Å². The van der Waals surface area contributed by atoms with Gasteiger partial charge in [0.25, 0.3) is 0 Å². The van der Waals surface area contributed by atoms with E-state index in [-0.39, 0.29) is 30.8 Å². The lowest BCUT2D eigenvalue weighted by Crippen LogP contribution is -2.41. The fraction of sp³-hybridized carbons (Fsp3) is 0.556. The van der Waals surface area contributed by atoms with Crippen LogP contribution in [0.25, 0.3) is 11.1 Å². The smallest absolute Gasteiger partial charge is 0.343 e. The Kier molecular flexibility index (Phi) is 7.53. The monoisotopic (exact) mass is 500 g/mol. The molecule has 0 bridgehead atoms. The first-order valence-electron chi connectivity index (χ1n) is 12.3. The number of alkyl halides is 4. The van der Waals surface area contributed by atoms with Crippen LogP contribution in [0.15, 0.2) is 24.3 Å². The van der Waals surface area contributed by atoms with Gasteiger partial charge in [-0.25, -0.2) is 8.78 Å². The zero-order valence-electron chi connectivity index (χ0n) is 19.9. The van der Waals surface area contributed by atoms with Gasteiger partial charge in [0.2, 0.25) is 0 Å². The van der Waals surface area contributed by atoms with Crippen LogP contribution in [-0.2, 0) is 27.7 Å². The molecule has 8 heteroatoms. The van der Waals surface area contributed by atoms with Gasteiger partial charge in [0.1, 0.15) is 11.6 Å². The zero-order valence-corrected chi connectivity index (χ0v) is 19.9. The molecular formula is C27H30F6O2. The fourth-order valence-electron chi connectivity index (χ4n) is 5.04. The Morgan fingerprint density at radius 1 is 0.829 bits per heavy atom. The van der Waals surface area contributed by atoms with Crippen LogP contribution >= 0.6 is 0 Å². The summed E-state index contributed by atoms with van der Waals surface area (Å²) in [6.45, 7) is 4.06. The summed E-state index contributed by atoms with van der Waals surface area (Å²) in [5.74, 6) is -13.2. The first-order valence-corrected chi connectivity index (χ1v) is 12.3. The SMILES string of the molecule is CCCCCC1OCCC(c2ccc3c(c2F)C(F)(F)C(F)(F)c2c-3ccc(CCC)c2F)CO1. The molecule has 2 atom stereocenters. The first kappa shape index (κ1) is 26.0. The van der Waals surface area contributed by atoms with Gasteiger partial charge in [-0.15, -0.1) is 0 Å². The predicted octanol–water partition coefficient (Wildman–Crippen LogP) is 8.21. The van der Waals surface area contributed by atoms with Gasteiger partial charge in [-0.05, 0) is 47.9 Å². The van der Waals surface area contributed by atoms with Crippen molar-refractivity contribution in [1.82, 2.24) is 0 Å². The lowest BCUT2D eigenvalue weighted by molar-refractivity contribution is -0.227. The van der Waals surface area contributed by atoms with Crippen LogP contribution in [0.1, 0.15) is 80.5 Å². The molecule has 1 fully saturated rings. The van der Waals surface area contributed by atoms with Crippen molar-refractivity contribution in [3.63, 3.8) is 0 Å². The van der Waals surface area contributed by atoms with E-state index in [4.69, 9.17) is 9.47 Å². The molecule has 2 aromatic carbocycles. The Balaban J connectivity index is 1.73. The number of unbranched alkanes of at least 4 members (excludes halogenated alkanes) is 2. The van der Waals surface area contributed by atoms with Gasteiger partial charge in [-0.2, -0.15) is 17.6 Å². The van der Waals surface area contributed by atoms with Crippen LogP contribution in [0.4, 0.5) is 26.3 Å². The van der Waals surface area contributed by atoms with Crippen molar-refractivity contribution in [2.75, 3.05) is 13.2 Å². The molecule has 2 aliphatic rings. The van der Waals surface area contributed by atoms with E-state index in [0.29, 0.717) is 19.3 Å². The Morgan fingerprint density at radius 2 is 1.49 bits per heavy atom. The van der Waals surface area contributed by atoms with Crippen molar-refractivity contribution >= 4 is 0 Å². The highest BCUT2D eigenvalue weighted by Crippen LogP contribution is 2.59. The van der Waals surface area contributed by atoms with Crippen molar-refractivity contribution in [1.29, 1.82) is 0 Å². The maximum absolute atomic E-state index is 15.6. The number of hydrogen-bond acceptors (Lipinski definition) is 2. The molecule has 4 rings (SSSR count). The molecule has 0 N–H and O–H groups in total. The van der Waals surface area contributed by atoms with Crippen LogP contribution in [0, 0.1) is 11.6 Å². The number of benzene rings is 2.